The molecule has 2 heterocycles. The number of rotatable bonds is 1. The lowest BCUT2D eigenvalue weighted by Gasteiger charge is -2.28. The normalized spacial score (nSPS) is 23.2. The van der Waals surface area contributed by atoms with Crippen molar-refractivity contribution in [2.75, 3.05) is 20.1 Å². The number of aryl methyl sites for hydroxylation is 2. The smallest absolute Gasteiger partial charge is 0.00837 e. The highest BCUT2D eigenvalue weighted by atomic mass is 32.1. The topological polar surface area (TPSA) is 3.24 Å². The van der Waals surface area contributed by atoms with Crippen molar-refractivity contribution in [2.24, 2.45) is 0 Å². The van der Waals surface area contributed by atoms with Crippen molar-refractivity contribution in [1.29, 1.82) is 0 Å². The molecule has 76 valence electrons. The quantitative estimate of drug-likeness (QED) is 0.684. The number of hydrogen-bond donors (Lipinski definition) is 0. The first-order chi connectivity index (χ1) is 6.83. The highest BCUT2D eigenvalue weighted by Crippen LogP contribution is 2.39. The van der Waals surface area contributed by atoms with E-state index in [-0.39, 0.29) is 0 Å². The Morgan fingerprint density at radius 2 is 2.07 bits per heavy atom. The molecule has 0 N–H and O–H groups in total. The number of likely N-dealkylation sites (tertiary alicyclic amines) is 1. The first-order valence-corrected chi connectivity index (χ1v) is 6.44. The van der Waals surface area contributed by atoms with E-state index in [2.05, 4.69) is 29.4 Å². The van der Waals surface area contributed by atoms with Crippen LogP contribution >= 0.6 is 11.3 Å². The number of thiophene rings is 1. The first-order valence-electron chi connectivity index (χ1n) is 5.63. The molecule has 1 aromatic rings. The molecule has 1 saturated heterocycles. The van der Waals surface area contributed by atoms with Gasteiger partial charge in [-0.25, -0.2) is 0 Å². The lowest BCUT2D eigenvalue weighted by Crippen LogP contribution is -2.28. The van der Waals surface area contributed by atoms with Gasteiger partial charge >= 0.3 is 0 Å². The average Bonchev–Trinajstić information content (AvgIpc) is 2.45. The van der Waals surface area contributed by atoms with Crippen molar-refractivity contribution in [3.05, 3.63) is 21.4 Å². The van der Waals surface area contributed by atoms with Crippen LogP contribution in [-0.4, -0.2) is 25.0 Å². The minimum Gasteiger partial charge on any atom is -0.306 e. The van der Waals surface area contributed by atoms with Gasteiger partial charge in [-0.15, -0.1) is 11.3 Å². The Morgan fingerprint density at radius 3 is 2.57 bits per heavy atom. The van der Waals surface area contributed by atoms with Crippen LogP contribution in [0.5, 0.6) is 0 Å². The Morgan fingerprint density at radius 1 is 1.29 bits per heavy atom. The zero-order valence-corrected chi connectivity index (χ0v) is 9.57. The van der Waals surface area contributed by atoms with E-state index in [0.717, 1.165) is 5.92 Å². The maximum atomic E-state index is 2.49. The molecule has 0 unspecified atom stereocenters. The van der Waals surface area contributed by atoms with Gasteiger partial charge in [0.2, 0.25) is 0 Å². The van der Waals surface area contributed by atoms with Gasteiger partial charge < -0.3 is 4.90 Å². The summed E-state index contributed by atoms with van der Waals surface area (Å²) in [7, 11) is 2.24. The van der Waals surface area contributed by atoms with E-state index in [0.29, 0.717) is 0 Å². The van der Waals surface area contributed by atoms with E-state index in [1.807, 2.05) is 0 Å². The van der Waals surface area contributed by atoms with E-state index < -0.39 is 0 Å². The van der Waals surface area contributed by atoms with E-state index in [1.54, 1.807) is 15.3 Å². The molecule has 0 spiro atoms. The van der Waals surface area contributed by atoms with Crippen LogP contribution in [0.1, 0.15) is 34.1 Å². The Hall–Kier alpha value is -0.340. The van der Waals surface area contributed by atoms with Crippen molar-refractivity contribution in [2.45, 2.75) is 31.6 Å². The van der Waals surface area contributed by atoms with Gasteiger partial charge in [0.1, 0.15) is 0 Å². The largest absolute Gasteiger partial charge is 0.306 e. The van der Waals surface area contributed by atoms with E-state index in [1.165, 1.54) is 38.8 Å². The zero-order valence-electron chi connectivity index (χ0n) is 8.75. The lowest BCUT2D eigenvalue weighted by molar-refractivity contribution is 0.257. The summed E-state index contributed by atoms with van der Waals surface area (Å²) >= 11 is 2.09. The maximum Gasteiger partial charge on any atom is 0.00837 e. The molecule has 0 saturated carbocycles. The first kappa shape index (κ1) is 8.93. The molecule has 14 heavy (non-hydrogen) atoms. The molecular weight excluding hydrogens is 190 g/mol. The summed E-state index contributed by atoms with van der Waals surface area (Å²) in [4.78, 5) is 5.81. The highest BCUT2D eigenvalue weighted by Gasteiger charge is 2.24. The van der Waals surface area contributed by atoms with E-state index >= 15 is 0 Å². The molecule has 1 aromatic heterocycles. The summed E-state index contributed by atoms with van der Waals surface area (Å²) in [5, 5.41) is 0. The third-order valence-electron chi connectivity index (χ3n) is 3.66. The molecule has 1 aliphatic carbocycles. The summed E-state index contributed by atoms with van der Waals surface area (Å²) < 4.78 is 0. The predicted octanol–water partition coefficient (Wildman–Crippen LogP) is 2.66. The zero-order chi connectivity index (χ0) is 9.54. The number of hydrogen-bond acceptors (Lipinski definition) is 2. The molecule has 1 aliphatic heterocycles. The van der Waals surface area contributed by atoms with Gasteiger partial charge in [0.05, 0.1) is 0 Å². The monoisotopic (exact) mass is 207 g/mol. The molecular formula is C12H17NS. The maximum absolute atomic E-state index is 2.49. The van der Waals surface area contributed by atoms with Gasteiger partial charge in [0, 0.05) is 9.75 Å². The molecule has 1 nitrogen and oxygen atoms in total. The third kappa shape index (κ3) is 1.41. The second kappa shape index (κ2) is 3.35. The second-order valence-electron chi connectivity index (χ2n) is 4.67. The van der Waals surface area contributed by atoms with Crippen molar-refractivity contribution in [3.8, 4) is 0 Å². The van der Waals surface area contributed by atoms with Gasteiger partial charge in [-0.3, -0.25) is 0 Å². The summed E-state index contributed by atoms with van der Waals surface area (Å²) in [6.07, 6.45) is 5.44. The Bertz CT molecular complexity index is 313. The van der Waals surface area contributed by atoms with Crippen molar-refractivity contribution in [3.63, 3.8) is 0 Å². The standard InChI is InChI=1S/C12H17NS/c1-13-6-4-9(5-7-13)12-8-10-2-3-11(10)14-12/h8-9H,2-7H2,1H3. The van der Waals surface area contributed by atoms with Gasteiger partial charge in [0.25, 0.3) is 0 Å². The van der Waals surface area contributed by atoms with Gasteiger partial charge in [-0.05, 0) is 63.4 Å². The van der Waals surface area contributed by atoms with Gasteiger partial charge in [0.15, 0.2) is 0 Å². The Labute approximate surface area is 89.7 Å². The highest BCUT2D eigenvalue weighted by molar-refractivity contribution is 7.12. The molecule has 2 aliphatic rings. The molecule has 0 radical (unpaired) electrons. The second-order valence-corrected chi connectivity index (χ2v) is 5.84. The van der Waals surface area contributed by atoms with Crippen LogP contribution in [0.3, 0.4) is 0 Å². The SMILES string of the molecule is CN1CCC(c2cc3c(s2)CC3)CC1. The predicted molar refractivity (Wildman–Crippen MR) is 61.2 cm³/mol. The van der Waals surface area contributed by atoms with Crippen LogP contribution in [-0.2, 0) is 12.8 Å². The van der Waals surface area contributed by atoms with E-state index in [4.69, 9.17) is 0 Å². The molecule has 0 bridgehead atoms. The van der Waals surface area contributed by atoms with Gasteiger partial charge in [-0.1, -0.05) is 0 Å². The molecule has 0 atom stereocenters. The van der Waals surface area contributed by atoms with Crippen LogP contribution in [0.25, 0.3) is 0 Å². The van der Waals surface area contributed by atoms with Crippen LogP contribution < -0.4 is 0 Å². The molecule has 0 amide bonds. The van der Waals surface area contributed by atoms with Crippen LogP contribution in [0, 0.1) is 0 Å². The summed E-state index contributed by atoms with van der Waals surface area (Å²) in [5.74, 6) is 0.877. The fraction of sp³-hybridized carbons (Fsp3) is 0.667. The number of fused-ring (bicyclic) bond motifs is 1. The van der Waals surface area contributed by atoms with Crippen LogP contribution in [0.15, 0.2) is 6.07 Å². The van der Waals surface area contributed by atoms with Crippen molar-refractivity contribution < 1.29 is 0 Å². The molecule has 1 fully saturated rings. The fourth-order valence-corrected chi connectivity index (χ4v) is 3.86. The third-order valence-corrected chi connectivity index (χ3v) is 5.06. The summed E-state index contributed by atoms with van der Waals surface area (Å²) in [5.41, 5.74) is 1.66. The summed E-state index contributed by atoms with van der Waals surface area (Å²) in [6, 6.07) is 2.49. The molecule has 0 aromatic carbocycles. The van der Waals surface area contributed by atoms with Crippen molar-refractivity contribution >= 4 is 11.3 Å². The van der Waals surface area contributed by atoms with Gasteiger partial charge in [-0.2, -0.15) is 0 Å². The Kier molecular flexibility index (Phi) is 2.14. The van der Waals surface area contributed by atoms with Crippen LogP contribution in [0.4, 0.5) is 0 Å². The minimum atomic E-state index is 0.877. The lowest BCUT2D eigenvalue weighted by atomic mass is 9.92. The summed E-state index contributed by atoms with van der Waals surface area (Å²) in [6.45, 7) is 2.57. The minimum absolute atomic E-state index is 0.877. The fourth-order valence-electron chi connectivity index (χ4n) is 2.48. The molecule has 3 rings (SSSR count). The number of piperidine rings is 1. The average molecular weight is 207 g/mol. The van der Waals surface area contributed by atoms with Crippen LogP contribution in [0.2, 0.25) is 0 Å². The Balaban J connectivity index is 1.75. The molecule has 2 heteroatoms. The van der Waals surface area contributed by atoms with Crippen molar-refractivity contribution in [1.82, 2.24) is 4.90 Å². The number of nitrogens with zero attached hydrogens (tertiary/aromatic N) is 1. The van der Waals surface area contributed by atoms with E-state index in [9.17, 15) is 0 Å².